The molecule has 0 aliphatic carbocycles. The third-order valence-electron chi connectivity index (χ3n) is 2.81. The lowest BCUT2D eigenvalue weighted by Gasteiger charge is -2.09. The van der Waals surface area contributed by atoms with E-state index in [9.17, 15) is 9.18 Å². The number of pyridine rings is 1. The Morgan fingerprint density at radius 3 is 3.00 bits per heavy atom. The number of nitrogens with zero attached hydrogens (tertiary/aromatic N) is 1. The van der Waals surface area contributed by atoms with Gasteiger partial charge in [0.15, 0.2) is 11.6 Å². The van der Waals surface area contributed by atoms with Crippen molar-refractivity contribution in [3.8, 4) is 5.75 Å². The minimum atomic E-state index is -0.811. The van der Waals surface area contributed by atoms with E-state index >= 15 is 0 Å². The number of anilines is 1. The predicted octanol–water partition coefficient (Wildman–Crippen LogP) is 1.92. The van der Waals surface area contributed by atoms with E-state index < -0.39 is 11.7 Å². The Kier molecular flexibility index (Phi) is 4.71. The highest BCUT2D eigenvalue weighted by Gasteiger charge is 2.13. The molecule has 0 aliphatic heterocycles. The van der Waals surface area contributed by atoms with Crippen molar-refractivity contribution in [3.05, 3.63) is 53.5 Å². The van der Waals surface area contributed by atoms with Crippen LogP contribution in [-0.4, -0.2) is 24.0 Å². The fourth-order valence-electron chi connectivity index (χ4n) is 1.77. The Morgan fingerprint density at radius 1 is 1.43 bits per heavy atom. The number of rotatable bonds is 5. The zero-order valence-electron chi connectivity index (χ0n) is 11.6. The van der Waals surface area contributed by atoms with E-state index in [0.717, 1.165) is 11.3 Å². The van der Waals surface area contributed by atoms with Crippen LogP contribution in [-0.2, 0) is 0 Å². The number of nitrogens with one attached hydrogen (secondary N) is 1. The van der Waals surface area contributed by atoms with E-state index in [2.05, 4.69) is 10.3 Å². The van der Waals surface area contributed by atoms with E-state index in [1.165, 1.54) is 12.3 Å². The molecule has 0 radical (unpaired) electrons. The summed E-state index contributed by atoms with van der Waals surface area (Å²) in [5.41, 5.74) is 6.27. The largest absolute Gasteiger partial charge is 0.492 e. The topological polar surface area (TPSA) is 77.2 Å². The molecule has 0 fully saturated rings. The maximum absolute atomic E-state index is 13.6. The Bertz CT molecular complexity index is 647. The second kappa shape index (κ2) is 6.69. The van der Waals surface area contributed by atoms with E-state index in [0.29, 0.717) is 0 Å². The molecule has 0 aliphatic rings. The summed E-state index contributed by atoms with van der Waals surface area (Å²) in [7, 11) is 0. The summed E-state index contributed by atoms with van der Waals surface area (Å²) in [6.45, 7) is 2.51. The summed E-state index contributed by atoms with van der Waals surface area (Å²) in [6, 6.07) is 8.86. The van der Waals surface area contributed by atoms with E-state index in [-0.39, 0.29) is 24.5 Å². The lowest BCUT2D eigenvalue weighted by atomic mass is 10.2. The normalized spacial score (nSPS) is 10.2. The Labute approximate surface area is 121 Å². The number of carbonyl (C=O) groups is 1. The molecule has 1 aromatic carbocycles. The van der Waals surface area contributed by atoms with E-state index in [4.69, 9.17) is 10.5 Å². The molecule has 1 heterocycles. The molecule has 1 aromatic heterocycles. The Morgan fingerprint density at radius 2 is 2.24 bits per heavy atom. The van der Waals surface area contributed by atoms with Gasteiger partial charge in [-0.05, 0) is 30.7 Å². The molecule has 0 unspecified atom stereocenters. The van der Waals surface area contributed by atoms with Crippen LogP contribution < -0.4 is 15.8 Å². The number of hydrogen-bond donors (Lipinski definition) is 2. The van der Waals surface area contributed by atoms with E-state index in [1.807, 2.05) is 31.2 Å². The van der Waals surface area contributed by atoms with Crippen molar-refractivity contribution in [2.24, 2.45) is 0 Å². The molecule has 110 valence electrons. The zero-order valence-corrected chi connectivity index (χ0v) is 11.6. The SMILES string of the molecule is Cc1cccc(OCCNC(=O)c2ccnc(N)c2F)c1. The molecule has 3 N–H and O–H groups in total. The number of ether oxygens (including phenoxy) is 1. The third-order valence-corrected chi connectivity index (χ3v) is 2.81. The number of benzene rings is 1. The van der Waals surface area contributed by atoms with Gasteiger partial charge in [0.2, 0.25) is 0 Å². The zero-order chi connectivity index (χ0) is 15.2. The summed E-state index contributed by atoms with van der Waals surface area (Å²) >= 11 is 0. The molecule has 0 atom stereocenters. The van der Waals surface area contributed by atoms with Crippen LogP contribution in [0.25, 0.3) is 0 Å². The highest BCUT2D eigenvalue weighted by atomic mass is 19.1. The molecule has 2 rings (SSSR count). The first-order chi connectivity index (χ1) is 10.1. The quantitative estimate of drug-likeness (QED) is 0.824. The number of nitrogens with two attached hydrogens (primary N) is 1. The highest BCUT2D eigenvalue weighted by Crippen LogP contribution is 2.12. The lowest BCUT2D eigenvalue weighted by Crippen LogP contribution is -2.29. The molecule has 0 spiro atoms. The highest BCUT2D eigenvalue weighted by molar-refractivity contribution is 5.95. The van der Waals surface area contributed by atoms with Gasteiger partial charge in [-0.2, -0.15) is 0 Å². The second-order valence-electron chi connectivity index (χ2n) is 4.48. The van der Waals surface area contributed by atoms with Crippen LogP contribution in [0.3, 0.4) is 0 Å². The summed E-state index contributed by atoms with van der Waals surface area (Å²) in [5, 5.41) is 2.56. The van der Waals surface area contributed by atoms with Crippen molar-refractivity contribution >= 4 is 11.7 Å². The maximum atomic E-state index is 13.6. The average Bonchev–Trinajstić information content (AvgIpc) is 2.46. The number of amides is 1. The smallest absolute Gasteiger partial charge is 0.254 e. The molecule has 2 aromatic rings. The number of aromatic nitrogens is 1. The number of hydrogen-bond acceptors (Lipinski definition) is 4. The van der Waals surface area contributed by atoms with Gasteiger partial charge in [0, 0.05) is 6.20 Å². The lowest BCUT2D eigenvalue weighted by molar-refractivity contribution is 0.0943. The van der Waals surface area contributed by atoms with Gasteiger partial charge in [0.1, 0.15) is 12.4 Å². The summed E-state index contributed by atoms with van der Waals surface area (Å²) < 4.78 is 19.1. The third kappa shape index (κ3) is 3.92. The molecule has 5 nitrogen and oxygen atoms in total. The molecular formula is C15H16FN3O2. The predicted molar refractivity (Wildman–Crippen MR) is 77.6 cm³/mol. The molecule has 6 heteroatoms. The van der Waals surface area contributed by atoms with Crippen LogP contribution in [0.2, 0.25) is 0 Å². The first-order valence-electron chi connectivity index (χ1n) is 6.45. The molecule has 0 saturated carbocycles. The van der Waals surface area contributed by atoms with Crippen LogP contribution in [0, 0.1) is 12.7 Å². The molecule has 0 bridgehead atoms. The van der Waals surface area contributed by atoms with Crippen LogP contribution in [0.1, 0.15) is 15.9 Å². The van der Waals surface area contributed by atoms with Gasteiger partial charge in [0.05, 0.1) is 12.1 Å². The van der Waals surface area contributed by atoms with Gasteiger partial charge in [-0.25, -0.2) is 9.37 Å². The standard InChI is InChI=1S/C15H16FN3O2/c1-10-3-2-4-11(9-10)21-8-7-19-15(20)12-5-6-18-14(17)13(12)16/h2-6,9H,7-8H2,1H3,(H2,17,18)(H,19,20). The first-order valence-corrected chi connectivity index (χ1v) is 6.45. The number of halogens is 1. The average molecular weight is 289 g/mol. The van der Waals surface area contributed by atoms with Crippen LogP contribution in [0.5, 0.6) is 5.75 Å². The monoisotopic (exact) mass is 289 g/mol. The molecular weight excluding hydrogens is 273 g/mol. The van der Waals surface area contributed by atoms with Crippen molar-refractivity contribution in [2.75, 3.05) is 18.9 Å². The summed E-state index contributed by atoms with van der Waals surface area (Å²) in [4.78, 5) is 15.4. The van der Waals surface area contributed by atoms with E-state index in [1.54, 1.807) is 0 Å². The van der Waals surface area contributed by atoms with Gasteiger partial charge in [-0.1, -0.05) is 12.1 Å². The minimum absolute atomic E-state index is 0.127. The van der Waals surface area contributed by atoms with Crippen LogP contribution >= 0.6 is 0 Å². The number of carbonyl (C=O) groups excluding carboxylic acids is 1. The van der Waals surface area contributed by atoms with Crippen molar-refractivity contribution in [1.29, 1.82) is 0 Å². The Hall–Kier alpha value is -2.63. The summed E-state index contributed by atoms with van der Waals surface area (Å²) in [5.74, 6) is -0.925. The minimum Gasteiger partial charge on any atom is -0.492 e. The summed E-state index contributed by atoms with van der Waals surface area (Å²) in [6.07, 6.45) is 1.29. The van der Waals surface area contributed by atoms with Crippen molar-refractivity contribution in [1.82, 2.24) is 10.3 Å². The molecule has 21 heavy (non-hydrogen) atoms. The van der Waals surface area contributed by atoms with Crippen molar-refractivity contribution in [3.63, 3.8) is 0 Å². The van der Waals surface area contributed by atoms with Gasteiger partial charge >= 0.3 is 0 Å². The fourth-order valence-corrected chi connectivity index (χ4v) is 1.77. The van der Waals surface area contributed by atoms with Gasteiger partial charge in [-0.3, -0.25) is 4.79 Å². The van der Waals surface area contributed by atoms with Crippen LogP contribution in [0.15, 0.2) is 36.5 Å². The molecule has 1 amide bonds. The van der Waals surface area contributed by atoms with Crippen molar-refractivity contribution in [2.45, 2.75) is 6.92 Å². The number of nitrogen functional groups attached to an aromatic ring is 1. The maximum Gasteiger partial charge on any atom is 0.254 e. The first kappa shape index (κ1) is 14.8. The number of aryl methyl sites for hydroxylation is 1. The van der Waals surface area contributed by atoms with Gasteiger partial charge in [-0.15, -0.1) is 0 Å². The fraction of sp³-hybridized carbons (Fsp3) is 0.200. The van der Waals surface area contributed by atoms with Gasteiger partial charge < -0.3 is 15.8 Å². The van der Waals surface area contributed by atoms with Gasteiger partial charge in [0.25, 0.3) is 5.91 Å². The molecule has 0 saturated heterocycles. The second-order valence-corrected chi connectivity index (χ2v) is 4.48. The Balaban J connectivity index is 1.83. The van der Waals surface area contributed by atoms with Crippen LogP contribution in [0.4, 0.5) is 10.2 Å². The van der Waals surface area contributed by atoms with Crippen molar-refractivity contribution < 1.29 is 13.9 Å².